The first-order chi connectivity index (χ1) is 12.0. The molecule has 2 rings (SSSR count). The van der Waals surface area contributed by atoms with Crippen molar-refractivity contribution >= 4 is 21.8 Å². The van der Waals surface area contributed by atoms with Crippen LogP contribution in [0.4, 0.5) is 0 Å². The van der Waals surface area contributed by atoms with Crippen molar-refractivity contribution < 1.29 is 19.0 Å². The molecule has 0 saturated heterocycles. The van der Waals surface area contributed by atoms with Gasteiger partial charge < -0.3 is 19.5 Å². The fourth-order valence-electron chi connectivity index (χ4n) is 2.55. The minimum absolute atomic E-state index is 0.0790. The molecule has 2 aromatic rings. The molecule has 5 nitrogen and oxygen atoms in total. The normalized spacial score (nSPS) is 11.6. The third kappa shape index (κ3) is 4.89. The molecule has 1 amide bonds. The number of nitrogens with one attached hydrogen (secondary N) is 1. The number of methoxy groups -OCH3 is 3. The lowest BCUT2D eigenvalue weighted by Crippen LogP contribution is -2.28. The highest BCUT2D eigenvalue weighted by Gasteiger charge is 2.16. The Morgan fingerprint density at radius 1 is 1.04 bits per heavy atom. The number of carbonyl (C=O) groups is 1. The fourth-order valence-corrected chi connectivity index (χ4v) is 2.81. The van der Waals surface area contributed by atoms with Crippen LogP contribution in [0.25, 0.3) is 0 Å². The minimum Gasteiger partial charge on any atom is -0.493 e. The molecule has 0 spiro atoms. The number of rotatable bonds is 7. The van der Waals surface area contributed by atoms with Gasteiger partial charge in [-0.15, -0.1) is 0 Å². The number of amides is 1. The van der Waals surface area contributed by atoms with E-state index in [4.69, 9.17) is 14.2 Å². The zero-order valence-corrected chi connectivity index (χ0v) is 16.3. The van der Waals surface area contributed by atoms with Gasteiger partial charge in [0, 0.05) is 4.47 Å². The monoisotopic (exact) mass is 407 g/mol. The molecule has 1 N–H and O–H groups in total. The van der Waals surface area contributed by atoms with E-state index in [9.17, 15) is 4.79 Å². The second-order valence-electron chi connectivity index (χ2n) is 5.55. The molecule has 0 aliphatic heterocycles. The zero-order chi connectivity index (χ0) is 18.4. The van der Waals surface area contributed by atoms with E-state index in [1.807, 2.05) is 31.2 Å². The standard InChI is InChI=1S/C19H22BrNO4/c1-12(14-5-7-15(20)8-6-14)21-18(22)11-13-9-16(23-2)19(25-4)17(10-13)24-3/h5-10,12H,11H2,1-4H3,(H,21,22). The molecule has 0 saturated carbocycles. The van der Waals surface area contributed by atoms with Gasteiger partial charge in [0.15, 0.2) is 11.5 Å². The van der Waals surface area contributed by atoms with Gasteiger partial charge in [0.25, 0.3) is 0 Å². The number of hydrogen-bond donors (Lipinski definition) is 1. The summed E-state index contributed by atoms with van der Waals surface area (Å²) in [5, 5.41) is 3.00. The van der Waals surface area contributed by atoms with Crippen LogP contribution in [0.5, 0.6) is 17.2 Å². The molecule has 0 aliphatic rings. The fraction of sp³-hybridized carbons (Fsp3) is 0.316. The first kappa shape index (κ1) is 19.1. The summed E-state index contributed by atoms with van der Waals surface area (Å²) in [4.78, 5) is 12.4. The summed E-state index contributed by atoms with van der Waals surface area (Å²) in [7, 11) is 4.65. The van der Waals surface area contributed by atoms with Gasteiger partial charge in [-0.05, 0) is 42.3 Å². The molecule has 0 aromatic heterocycles. The highest BCUT2D eigenvalue weighted by atomic mass is 79.9. The van der Waals surface area contributed by atoms with Crippen LogP contribution in [0.2, 0.25) is 0 Å². The maximum absolute atomic E-state index is 12.4. The quantitative estimate of drug-likeness (QED) is 0.755. The van der Waals surface area contributed by atoms with Crippen molar-refractivity contribution in [2.75, 3.05) is 21.3 Å². The summed E-state index contributed by atoms with van der Waals surface area (Å²) in [6.07, 6.45) is 0.220. The van der Waals surface area contributed by atoms with Crippen molar-refractivity contribution in [2.24, 2.45) is 0 Å². The van der Waals surface area contributed by atoms with Crippen LogP contribution >= 0.6 is 15.9 Å². The average Bonchev–Trinajstić information content (AvgIpc) is 2.61. The van der Waals surface area contributed by atoms with E-state index >= 15 is 0 Å². The number of carbonyl (C=O) groups excluding carboxylic acids is 1. The molecule has 2 aromatic carbocycles. The molecule has 134 valence electrons. The van der Waals surface area contributed by atoms with E-state index in [-0.39, 0.29) is 18.4 Å². The zero-order valence-electron chi connectivity index (χ0n) is 14.8. The predicted molar refractivity (Wildman–Crippen MR) is 101 cm³/mol. The van der Waals surface area contributed by atoms with Gasteiger partial charge in [-0.3, -0.25) is 4.79 Å². The van der Waals surface area contributed by atoms with Crippen LogP contribution in [0, 0.1) is 0 Å². The number of halogens is 1. The van der Waals surface area contributed by atoms with Gasteiger partial charge in [0.2, 0.25) is 11.7 Å². The summed E-state index contributed by atoms with van der Waals surface area (Å²) in [6, 6.07) is 11.4. The second kappa shape index (κ2) is 8.76. The van der Waals surface area contributed by atoms with E-state index in [0.29, 0.717) is 17.2 Å². The van der Waals surface area contributed by atoms with E-state index in [2.05, 4.69) is 21.2 Å². The molecule has 0 heterocycles. The lowest BCUT2D eigenvalue weighted by molar-refractivity contribution is -0.121. The van der Waals surface area contributed by atoms with Crippen molar-refractivity contribution in [2.45, 2.75) is 19.4 Å². The van der Waals surface area contributed by atoms with Gasteiger partial charge in [0.1, 0.15) is 0 Å². The molecule has 0 aliphatic carbocycles. The molecule has 1 unspecified atom stereocenters. The van der Waals surface area contributed by atoms with Crippen LogP contribution < -0.4 is 19.5 Å². The molecule has 0 radical (unpaired) electrons. The van der Waals surface area contributed by atoms with Crippen LogP contribution in [-0.4, -0.2) is 27.2 Å². The van der Waals surface area contributed by atoms with Crippen molar-refractivity contribution in [1.82, 2.24) is 5.32 Å². The lowest BCUT2D eigenvalue weighted by atomic mass is 10.1. The first-order valence-electron chi connectivity index (χ1n) is 7.82. The molecular formula is C19H22BrNO4. The third-order valence-corrected chi connectivity index (χ3v) is 4.37. The van der Waals surface area contributed by atoms with Crippen molar-refractivity contribution in [3.63, 3.8) is 0 Å². The van der Waals surface area contributed by atoms with E-state index in [1.165, 1.54) is 0 Å². The number of benzene rings is 2. The Kier molecular flexibility index (Phi) is 6.70. The Labute approximate surface area is 156 Å². The minimum atomic E-state index is -0.0809. The molecule has 1 atom stereocenters. The molecular weight excluding hydrogens is 386 g/mol. The molecule has 0 bridgehead atoms. The Morgan fingerprint density at radius 3 is 2.08 bits per heavy atom. The van der Waals surface area contributed by atoms with Crippen molar-refractivity contribution in [1.29, 1.82) is 0 Å². The predicted octanol–water partition coefficient (Wildman–Crippen LogP) is 3.89. The van der Waals surface area contributed by atoms with E-state index in [0.717, 1.165) is 15.6 Å². The van der Waals surface area contributed by atoms with Crippen molar-refractivity contribution in [3.05, 3.63) is 52.0 Å². The molecule has 25 heavy (non-hydrogen) atoms. The van der Waals surface area contributed by atoms with Gasteiger partial charge in [0.05, 0.1) is 33.8 Å². The first-order valence-corrected chi connectivity index (χ1v) is 8.61. The Morgan fingerprint density at radius 2 is 1.60 bits per heavy atom. The summed E-state index contributed by atoms with van der Waals surface area (Å²) >= 11 is 3.41. The van der Waals surface area contributed by atoms with Gasteiger partial charge in [-0.25, -0.2) is 0 Å². The summed E-state index contributed by atoms with van der Waals surface area (Å²) in [6.45, 7) is 1.95. The maximum Gasteiger partial charge on any atom is 0.224 e. The van der Waals surface area contributed by atoms with E-state index in [1.54, 1.807) is 33.5 Å². The highest BCUT2D eigenvalue weighted by Crippen LogP contribution is 2.38. The van der Waals surface area contributed by atoms with E-state index < -0.39 is 0 Å². The van der Waals surface area contributed by atoms with Gasteiger partial charge in [-0.2, -0.15) is 0 Å². The van der Waals surface area contributed by atoms with Crippen LogP contribution in [0.15, 0.2) is 40.9 Å². The Bertz CT molecular complexity index is 706. The van der Waals surface area contributed by atoms with Gasteiger partial charge >= 0.3 is 0 Å². The maximum atomic E-state index is 12.4. The third-order valence-electron chi connectivity index (χ3n) is 3.84. The molecule has 6 heteroatoms. The van der Waals surface area contributed by atoms with Crippen molar-refractivity contribution in [3.8, 4) is 17.2 Å². The largest absolute Gasteiger partial charge is 0.493 e. The highest BCUT2D eigenvalue weighted by molar-refractivity contribution is 9.10. The lowest BCUT2D eigenvalue weighted by Gasteiger charge is -2.16. The van der Waals surface area contributed by atoms with Crippen LogP contribution in [-0.2, 0) is 11.2 Å². The summed E-state index contributed by atoms with van der Waals surface area (Å²) < 4.78 is 16.9. The summed E-state index contributed by atoms with van der Waals surface area (Å²) in [5.74, 6) is 1.50. The number of ether oxygens (including phenoxy) is 3. The second-order valence-corrected chi connectivity index (χ2v) is 6.47. The average molecular weight is 408 g/mol. The van der Waals surface area contributed by atoms with Gasteiger partial charge in [-0.1, -0.05) is 28.1 Å². The van der Waals surface area contributed by atoms with Crippen LogP contribution in [0.1, 0.15) is 24.1 Å². The Balaban J connectivity index is 2.10. The topological polar surface area (TPSA) is 56.8 Å². The molecule has 0 fully saturated rings. The summed E-state index contributed by atoms with van der Waals surface area (Å²) in [5.41, 5.74) is 1.83. The number of hydrogen-bond acceptors (Lipinski definition) is 4. The SMILES string of the molecule is COc1cc(CC(=O)NC(C)c2ccc(Br)cc2)cc(OC)c1OC. The Hall–Kier alpha value is -2.21. The smallest absolute Gasteiger partial charge is 0.224 e. The van der Waals surface area contributed by atoms with Crippen LogP contribution in [0.3, 0.4) is 0 Å².